The van der Waals surface area contributed by atoms with E-state index in [1.807, 2.05) is 31.2 Å². The predicted molar refractivity (Wildman–Crippen MR) is 79.6 cm³/mol. The van der Waals surface area contributed by atoms with Crippen LogP contribution in [-0.4, -0.2) is 30.8 Å². The van der Waals surface area contributed by atoms with Crippen LogP contribution < -0.4 is 5.32 Å². The quantitative estimate of drug-likeness (QED) is 0.917. The number of benzene rings is 1. The highest BCUT2D eigenvalue weighted by atomic mass is 16.2. The van der Waals surface area contributed by atoms with Crippen LogP contribution >= 0.6 is 0 Å². The van der Waals surface area contributed by atoms with Crippen LogP contribution in [0.15, 0.2) is 24.3 Å². The highest BCUT2D eigenvalue weighted by molar-refractivity contribution is 5.91. The number of rotatable bonds is 4. The van der Waals surface area contributed by atoms with Crippen LogP contribution in [0.4, 0.5) is 5.69 Å². The molecule has 0 radical (unpaired) electrons. The van der Waals surface area contributed by atoms with Crippen molar-refractivity contribution in [3.63, 3.8) is 0 Å². The molecule has 108 valence electrons. The van der Waals surface area contributed by atoms with Gasteiger partial charge in [0.15, 0.2) is 0 Å². The lowest BCUT2D eigenvalue weighted by atomic mass is 9.63. The van der Waals surface area contributed by atoms with E-state index in [4.69, 9.17) is 0 Å². The number of anilines is 1. The fourth-order valence-corrected chi connectivity index (χ4v) is 2.71. The first-order valence-electron chi connectivity index (χ1n) is 7.12. The first kappa shape index (κ1) is 14.6. The zero-order valence-corrected chi connectivity index (χ0v) is 12.4. The summed E-state index contributed by atoms with van der Waals surface area (Å²) in [5.41, 5.74) is 1.49. The molecule has 4 heteroatoms. The Morgan fingerprint density at radius 1 is 1.20 bits per heavy atom. The number of nitrogens with one attached hydrogen (secondary N) is 1. The van der Waals surface area contributed by atoms with Gasteiger partial charge in [-0.3, -0.25) is 9.59 Å². The van der Waals surface area contributed by atoms with Crippen LogP contribution in [0.5, 0.6) is 0 Å². The molecule has 1 aromatic rings. The molecule has 1 aliphatic carbocycles. The van der Waals surface area contributed by atoms with Crippen LogP contribution in [0.2, 0.25) is 0 Å². The average molecular weight is 274 g/mol. The summed E-state index contributed by atoms with van der Waals surface area (Å²) >= 11 is 0. The smallest absolute Gasteiger partial charge is 0.232 e. The monoisotopic (exact) mass is 274 g/mol. The van der Waals surface area contributed by atoms with Gasteiger partial charge in [0, 0.05) is 26.2 Å². The fourth-order valence-electron chi connectivity index (χ4n) is 2.71. The van der Waals surface area contributed by atoms with Crippen molar-refractivity contribution in [3.05, 3.63) is 29.8 Å². The summed E-state index contributed by atoms with van der Waals surface area (Å²) in [6, 6.07) is 7.69. The number of likely N-dealkylation sites (N-methyl/N-ethyl adjacent to an activating group) is 1. The standard InChI is InChI=1S/C16H22N2O2/c1-4-14(19)17-13-8-6-12(7-9-13)16(10-5-11-16)15(20)18(2)3/h6-9H,4-5,10-11H2,1-3H3,(H,17,19). The lowest BCUT2D eigenvalue weighted by Gasteiger charge is -2.42. The van der Waals surface area contributed by atoms with Crippen molar-refractivity contribution in [1.82, 2.24) is 4.90 Å². The number of hydrogen-bond acceptors (Lipinski definition) is 2. The maximum atomic E-state index is 12.4. The van der Waals surface area contributed by atoms with Crippen molar-refractivity contribution in [3.8, 4) is 0 Å². The third-order valence-corrected chi connectivity index (χ3v) is 4.07. The summed E-state index contributed by atoms with van der Waals surface area (Å²) < 4.78 is 0. The van der Waals surface area contributed by atoms with E-state index in [1.165, 1.54) is 0 Å². The second-order valence-corrected chi connectivity index (χ2v) is 5.61. The van der Waals surface area contributed by atoms with Crippen molar-refractivity contribution in [2.45, 2.75) is 38.0 Å². The fraction of sp³-hybridized carbons (Fsp3) is 0.500. The summed E-state index contributed by atoms with van der Waals surface area (Å²) in [5, 5.41) is 2.82. The van der Waals surface area contributed by atoms with Gasteiger partial charge >= 0.3 is 0 Å². The number of hydrogen-bond donors (Lipinski definition) is 1. The molecule has 1 saturated carbocycles. The number of carbonyl (C=O) groups is 2. The van der Waals surface area contributed by atoms with Crippen molar-refractivity contribution < 1.29 is 9.59 Å². The molecule has 0 bridgehead atoms. The minimum Gasteiger partial charge on any atom is -0.348 e. The van der Waals surface area contributed by atoms with Crippen LogP contribution in [-0.2, 0) is 15.0 Å². The van der Waals surface area contributed by atoms with Crippen molar-refractivity contribution in [2.24, 2.45) is 0 Å². The molecular weight excluding hydrogens is 252 g/mol. The first-order valence-corrected chi connectivity index (χ1v) is 7.12. The van der Waals surface area contributed by atoms with E-state index in [1.54, 1.807) is 19.0 Å². The Morgan fingerprint density at radius 2 is 1.80 bits per heavy atom. The van der Waals surface area contributed by atoms with Gasteiger partial charge in [0.1, 0.15) is 0 Å². The van der Waals surface area contributed by atoms with E-state index >= 15 is 0 Å². The largest absolute Gasteiger partial charge is 0.348 e. The minimum absolute atomic E-state index is 0.000440. The highest BCUT2D eigenvalue weighted by Gasteiger charge is 2.46. The Labute approximate surface area is 120 Å². The van der Waals surface area contributed by atoms with Gasteiger partial charge in [-0.2, -0.15) is 0 Å². The maximum absolute atomic E-state index is 12.4. The highest BCUT2D eigenvalue weighted by Crippen LogP contribution is 2.45. The summed E-state index contributed by atoms with van der Waals surface area (Å²) in [6.07, 6.45) is 3.37. The van der Waals surface area contributed by atoms with E-state index in [-0.39, 0.29) is 17.2 Å². The lowest BCUT2D eigenvalue weighted by molar-refractivity contribution is -0.138. The van der Waals surface area contributed by atoms with E-state index in [0.717, 1.165) is 30.5 Å². The number of amides is 2. The van der Waals surface area contributed by atoms with Crippen molar-refractivity contribution in [2.75, 3.05) is 19.4 Å². The first-order chi connectivity index (χ1) is 9.49. The van der Waals surface area contributed by atoms with E-state index in [9.17, 15) is 9.59 Å². The minimum atomic E-state index is -0.350. The molecule has 0 saturated heterocycles. The number of nitrogens with zero attached hydrogens (tertiary/aromatic N) is 1. The normalized spacial score (nSPS) is 16.1. The van der Waals surface area contributed by atoms with Crippen LogP contribution in [0.3, 0.4) is 0 Å². The molecule has 4 nitrogen and oxygen atoms in total. The van der Waals surface area contributed by atoms with Gasteiger partial charge in [0.25, 0.3) is 0 Å². The molecule has 1 N–H and O–H groups in total. The van der Waals surface area contributed by atoms with E-state index < -0.39 is 0 Å². The summed E-state index contributed by atoms with van der Waals surface area (Å²) in [6.45, 7) is 1.82. The molecule has 1 aromatic carbocycles. The second kappa shape index (κ2) is 5.65. The summed E-state index contributed by atoms with van der Waals surface area (Å²) in [5.74, 6) is 0.176. The van der Waals surface area contributed by atoms with E-state index in [0.29, 0.717) is 6.42 Å². The number of carbonyl (C=O) groups excluding carboxylic acids is 2. The molecule has 0 spiro atoms. The molecule has 0 aromatic heterocycles. The molecule has 0 aliphatic heterocycles. The predicted octanol–water partition coefficient (Wildman–Crippen LogP) is 2.55. The Hall–Kier alpha value is -1.84. The Morgan fingerprint density at radius 3 is 2.20 bits per heavy atom. The molecule has 20 heavy (non-hydrogen) atoms. The molecular formula is C16H22N2O2. The van der Waals surface area contributed by atoms with Gasteiger partial charge in [0.05, 0.1) is 5.41 Å². The average Bonchev–Trinajstić information content (AvgIpc) is 2.39. The Bertz CT molecular complexity index is 502. The van der Waals surface area contributed by atoms with Gasteiger partial charge in [-0.1, -0.05) is 25.5 Å². The van der Waals surface area contributed by atoms with Gasteiger partial charge in [-0.25, -0.2) is 0 Å². The molecule has 1 aliphatic rings. The molecule has 0 atom stereocenters. The topological polar surface area (TPSA) is 49.4 Å². The Kier molecular flexibility index (Phi) is 4.12. The van der Waals surface area contributed by atoms with Crippen molar-refractivity contribution >= 4 is 17.5 Å². The summed E-state index contributed by atoms with van der Waals surface area (Å²) in [4.78, 5) is 25.4. The Balaban J connectivity index is 2.20. The molecule has 2 rings (SSSR count). The maximum Gasteiger partial charge on any atom is 0.232 e. The molecule has 2 amide bonds. The third-order valence-electron chi connectivity index (χ3n) is 4.07. The molecule has 0 unspecified atom stereocenters. The van der Waals surface area contributed by atoms with Gasteiger partial charge in [-0.05, 0) is 30.5 Å². The SMILES string of the molecule is CCC(=O)Nc1ccc(C2(C(=O)N(C)C)CCC2)cc1. The van der Waals surface area contributed by atoms with Gasteiger partial charge in [0.2, 0.25) is 11.8 Å². The van der Waals surface area contributed by atoms with Crippen LogP contribution in [0.1, 0.15) is 38.2 Å². The second-order valence-electron chi connectivity index (χ2n) is 5.61. The zero-order chi connectivity index (χ0) is 14.8. The molecule has 1 fully saturated rings. The van der Waals surface area contributed by atoms with Gasteiger partial charge < -0.3 is 10.2 Å². The van der Waals surface area contributed by atoms with Crippen LogP contribution in [0, 0.1) is 0 Å². The molecule has 0 heterocycles. The zero-order valence-electron chi connectivity index (χ0n) is 12.4. The third kappa shape index (κ3) is 2.55. The van der Waals surface area contributed by atoms with Crippen LogP contribution in [0.25, 0.3) is 0 Å². The van der Waals surface area contributed by atoms with Gasteiger partial charge in [-0.15, -0.1) is 0 Å². The lowest BCUT2D eigenvalue weighted by Crippen LogP contribution is -2.48. The van der Waals surface area contributed by atoms with Crippen molar-refractivity contribution in [1.29, 1.82) is 0 Å². The van der Waals surface area contributed by atoms with E-state index in [2.05, 4.69) is 5.32 Å². The summed E-state index contributed by atoms with van der Waals surface area (Å²) in [7, 11) is 3.61.